The maximum absolute atomic E-state index is 11.1. The van der Waals surface area contributed by atoms with Gasteiger partial charge in [0.2, 0.25) is 0 Å². The maximum atomic E-state index is 11.1. The third-order valence-electron chi connectivity index (χ3n) is 2.50. The lowest BCUT2D eigenvalue weighted by atomic mass is 10.0. The highest BCUT2D eigenvalue weighted by atomic mass is 16.4. The first-order chi connectivity index (χ1) is 8.52. The number of carbonyl (C=O) groups is 1. The van der Waals surface area contributed by atoms with E-state index in [0.717, 1.165) is 5.56 Å². The second-order valence-electron chi connectivity index (χ2n) is 4.56. The van der Waals surface area contributed by atoms with E-state index in [1.807, 2.05) is 19.9 Å². The Hall–Kier alpha value is -1.93. The number of carboxylic acid groups (broad SMARTS) is 1. The van der Waals surface area contributed by atoms with Crippen molar-refractivity contribution in [3.05, 3.63) is 29.6 Å². The van der Waals surface area contributed by atoms with E-state index in [1.54, 1.807) is 18.3 Å². The fourth-order valence-corrected chi connectivity index (χ4v) is 1.63. The van der Waals surface area contributed by atoms with Crippen molar-refractivity contribution >= 4 is 5.97 Å². The van der Waals surface area contributed by atoms with Crippen molar-refractivity contribution in [2.75, 3.05) is 0 Å². The summed E-state index contributed by atoms with van der Waals surface area (Å²) in [4.78, 5) is 14.9. The van der Waals surface area contributed by atoms with Gasteiger partial charge in [-0.05, 0) is 30.0 Å². The molecule has 1 aromatic heterocycles. The Labute approximate surface area is 106 Å². The molecule has 0 aliphatic heterocycles. The van der Waals surface area contributed by atoms with Gasteiger partial charge in [-0.1, -0.05) is 13.8 Å². The topological polar surface area (TPSA) is 86.0 Å². The van der Waals surface area contributed by atoms with Crippen LogP contribution < -0.4 is 5.32 Å². The number of nitrogens with one attached hydrogen (secondary N) is 1. The zero-order valence-corrected chi connectivity index (χ0v) is 10.6. The van der Waals surface area contributed by atoms with Crippen molar-refractivity contribution in [3.63, 3.8) is 0 Å². The van der Waals surface area contributed by atoms with Crippen LogP contribution in [0, 0.1) is 17.2 Å². The summed E-state index contributed by atoms with van der Waals surface area (Å²) in [6, 6.07) is 4.81. The molecular formula is C13H17N3O2. The third-order valence-corrected chi connectivity index (χ3v) is 2.50. The van der Waals surface area contributed by atoms with E-state index in [0.29, 0.717) is 24.6 Å². The smallest absolute Gasteiger partial charge is 0.320 e. The van der Waals surface area contributed by atoms with Gasteiger partial charge < -0.3 is 10.4 Å². The van der Waals surface area contributed by atoms with Gasteiger partial charge in [-0.25, -0.2) is 4.98 Å². The second kappa shape index (κ2) is 6.72. The van der Waals surface area contributed by atoms with Crippen LogP contribution in [0.3, 0.4) is 0 Å². The molecule has 0 saturated heterocycles. The summed E-state index contributed by atoms with van der Waals surface area (Å²) in [7, 11) is 0. The number of carboxylic acids is 1. The van der Waals surface area contributed by atoms with Crippen LogP contribution in [0.15, 0.2) is 18.3 Å². The Balaban J connectivity index is 2.61. The van der Waals surface area contributed by atoms with Gasteiger partial charge in [0.15, 0.2) is 0 Å². The summed E-state index contributed by atoms with van der Waals surface area (Å²) in [5.41, 5.74) is 1.20. The van der Waals surface area contributed by atoms with Gasteiger partial charge in [-0.2, -0.15) is 5.26 Å². The number of nitrogens with zero attached hydrogens (tertiary/aromatic N) is 2. The van der Waals surface area contributed by atoms with Crippen molar-refractivity contribution in [2.45, 2.75) is 32.9 Å². The first-order valence-electron chi connectivity index (χ1n) is 5.84. The largest absolute Gasteiger partial charge is 0.480 e. The van der Waals surface area contributed by atoms with Crippen LogP contribution in [-0.2, 0) is 11.3 Å². The lowest BCUT2D eigenvalue weighted by Gasteiger charge is -2.16. The van der Waals surface area contributed by atoms with Gasteiger partial charge in [-0.15, -0.1) is 0 Å². The molecule has 1 aromatic rings. The third kappa shape index (κ3) is 4.52. The summed E-state index contributed by atoms with van der Waals surface area (Å²) < 4.78 is 0. The molecule has 0 aromatic carbocycles. The molecule has 0 aliphatic rings. The molecule has 0 bridgehead atoms. The molecule has 1 heterocycles. The minimum absolute atomic E-state index is 0.311. The van der Waals surface area contributed by atoms with Crippen LogP contribution in [0.4, 0.5) is 0 Å². The van der Waals surface area contributed by atoms with Crippen molar-refractivity contribution in [1.29, 1.82) is 5.26 Å². The first-order valence-corrected chi connectivity index (χ1v) is 5.84. The van der Waals surface area contributed by atoms with Gasteiger partial charge in [0, 0.05) is 12.7 Å². The van der Waals surface area contributed by atoms with E-state index in [9.17, 15) is 4.79 Å². The van der Waals surface area contributed by atoms with E-state index < -0.39 is 12.0 Å². The van der Waals surface area contributed by atoms with Crippen LogP contribution >= 0.6 is 0 Å². The molecule has 0 aliphatic carbocycles. The Kier molecular flexibility index (Phi) is 5.28. The van der Waals surface area contributed by atoms with Crippen LogP contribution in [0.1, 0.15) is 31.5 Å². The minimum atomic E-state index is -0.849. The van der Waals surface area contributed by atoms with Crippen molar-refractivity contribution in [1.82, 2.24) is 10.3 Å². The number of aromatic nitrogens is 1. The molecule has 5 heteroatoms. The lowest BCUT2D eigenvalue weighted by Crippen LogP contribution is -2.37. The molecular weight excluding hydrogens is 230 g/mol. The molecule has 1 rings (SSSR count). The minimum Gasteiger partial charge on any atom is -0.480 e. The number of hydrogen-bond acceptors (Lipinski definition) is 4. The van der Waals surface area contributed by atoms with E-state index in [-0.39, 0.29) is 0 Å². The lowest BCUT2D eigenvalue weighted by molar-refractivity contribution is -0.140. The average molecular weight is 247 g/mol. The van der Waals surface area contributed by atoms with Crippen LogP contribution in [-0.4, -0.2) is 22.1 Å². The summed E-state index contributed by atoms with van der Waals surface area (Å²) in [6.07, 6.45) is 2.12. The van der Waals surface area contributed by atoms with Gasteiger partial charge in [-0.3, -0.25) is 4.79 Å². The molecule has 0 saturated carbocycles. The number of hydrogen-bond donors (Lipinski definition) is 2. The molecule has 0 spiro atoms. The SMILES string of the molecule is CC(C)CC(NCc1ccnc(C#N)c1)C(=O)O. The molecule has 0 radical (unpaired) electrons. The predicted octanol–water partition coefficient (Wildman–Crippen LogP) is 1.54. The monoisotopic (exact) mass is 247 g/mol. The van der Waals surface area contributed by atoms with Gasteiger partial charge in [0.25, 0.3) is 0 Å². The van der Waals surface area contributed by atoms with Crippen molar-refractivity contribution < 1.29 is 9.90 Å². The van der Waals surface area contributed by atoms with Gasteiger partial charge in [0.1, 0.15) is 17.8 Å². The Morgan fingerprint density at radius 3 is 2.89 bits per heavy atom. The summed E-state index contributed by atoms with van der Waals surface area (Å²) in [5, 5.41) is 20.8. The van der Waals surface area contributed by atoms with E-state index >= 15 is 0 Å². The molecule has 1 atom stereocenters. The quantitative estimate of drug-likeness (QED) is 0.796. The highest BCUT2D eigenvalue weighted by molar-refractivity contribution is 5.73. The van der Waals surface area contributed by atoms with Gasteiger partial charge in [0.05, 0.1) is 0 Å². The summed E-state index contributed by atoms with van der Waals surface area (Å²) in [6.45, 7) is 4.39. The Morgan fingerprint density at radius 1 is 1.61 bits per heavy atom. The van der Waals surface area contributed by atoms with Gasteiger partial charge >= 0.3 is 5.97 Å². The zero-order chi connectivity index (χ0) is 13.5. The van der Waals surface area contributed by atoms with Crippen LogP contribution in [0.5, 0.6) is 0 Å². The molecule has 1 unspecified atom stereocenters. The molecule has 0 amide bonds. The maximum Gasteiger partial charge on any atom is 0.320 e. The molecule has 2 N–H and O–H groups in total. The second-order valence-corrected chi connectivity index (χ2v) is 4.56. The molecule has 5 nitrogen and oxygen atoms in total. The fourth-order valence-electron chi connectivity index (χ4n) is 1.63. The summed E-state index contributed by atoms with van der Waals surface area (Å²) >= 11 is 0. The average Bonchev–Trinajstić information content (AvgIpc) is 2.34. The highest BCUT2D eigenvalue weighted by Gasteiger charge is 2.17. The Bertz CT molecular complexity index is 452. The number of aliphatic carboxylic acids is 1. The molecule has 18 heavy (non-hydrogen) atoms. The van der Waals surface area contributed by atoms with E-state index in [1.165, 1.54) is 0 Å². The standard InChI is InChI=1S/C13H17N3O2/c1-9(2)5-12(13(17)18)16-8-10-3-4-15-11(6-10)7-14/h3-4,6,9,12,16H,5,8H2,1-2H3,(H,17,18). The van der Waals surface area contributed by atoms with E-state index in [4.69, 9.17) is 10.4 Å². The highest BCUT2D eigenvalue weighted by Crippen LogP contribution is 2.07. The zero-order valence-electron chi connectivity index (χ0n) is 10.6. The summed E-state index contributed by atoms with van der Waals surface area (Å²) in [5.74, 6) is -0.538. The van der Waals surface area contributed by atoms with Crippen molar-refractivity contribution in [2.24, 2.45) is 5.92 Å². The first kappa shape index (κ1) is 14.1. The predicted molar refractivity (Wildman–Crippen MR) is 66.7 cm³/mol. The van der Waals surface area contributed by atoms with Crippen LogP contribution in [0.25, 0.3) is 0 Å². The number of pyridine rings is 1. The molecule has 96 valence electrons. The Morgan fingerprint density at radius 2 is 2.33 bits per heavy atom. The number of nitriles is 1. The number of rotatable bonds is 6. The van der Waals surface area contributed by atoms with Crippen LogP contribution in [0.2, 0.25) is 0 Å². The molecule has 0 fully saturated rings. The van der Waals surface area contributed by atoms with Crippen molar-refractivity contribution in [3.8, 4) is 6.07 Å². The fraction of sp³-hybridized carbons (Fsp3) is 0.462. The van der Waals surface area contributed by atoms with E-state index in [2.05, 4.69) is 10.3 Å². The normalized spacial score (nSPS) is 12.1.